The van der Waals surface area contributed by atoms with E-state index in [4.69, 9.17) is 0 Å². The van der Waals surface area contributed by atoms with Crippen LogP contribution >= 0.6 is 0 Å². The first-order chi connectivity index (χ1) is 7.43. The molecule has 0 saturated carbocycles. The number of nitrogens with zero attached hydrogens (tertiary/aromatic N) is 1. The van der Waals surface area contributed by atoms with E-state index in [1.165, 1.54) is 0 Å². The molecule has 2 aromatic heterocycles. The summed E-state index contributed by atoms with van der Waals surface area (Å²) in [5.41, 5.74) is 3.20. The Morgan fingerprint density at radius 1 is 1.20 bits per heavy atom. The van der Waals surface area contributed by atoms with Crippen molar-refractivity contribution in [3.8, 4) is 11.1 Å². The number of benzene rings is 1. The molecule has 1 N–H and O–H groups in total. The van der Waals surface area contributed by atoms with Crippen molar-refractivity contribution in [3.63, 3.8) is 0 Å². The van der Waals surface area contributed by atoms with E-state index in [0.717, 1.165) is 22.2 Å². The lowest BCUT2D eigenvalue weighted by atomic mass is 10.1. The molecule has 0 amide bonds. The summed E-state index contributed by atoms with van der Waals surface area (Å²) in [4.78, 5) is 7.43. The zero-order chi connectivity index (χ0) is 10.1. The number of pyridine rings is 1. The van der Waals surface area contributed by atoms with Crippen molar-refractivity contribution < 1.29 is 0 Å². The van der Waals surface area contributed by atoms with Gasteiger partial charge < -0.3 is 4.98 Å². The van der Waals surface area contributed by atoms with Gasteiger partial charge in [0.05, 0.1) is 0 Å². The Bertz CT molecular complexity index is 582. The van der Waals surface area contributed by atoms with Crippen LogP contribution in [0, 0.1) is 6.07 Å². The van der Waals surface area contributed by atoms with E-state index in [0.29, 0.717) is 0 Å². The van der Waals surface area contributed by atoms with Crippen LogP contribution < -0.4 is 0 Å². The molecule has 3 aromatic rings. The molecule has 2 nitrogen and oxygen atoms in total. The number of nitrogens with one attached hydrogen (secondary N) is 1. The normalized spacial score (nSPS) is 10.7. The molecule has 1 aromatic carbocycles. The van der Waals surface area contributed by atoms with Crippen molar-refractivity contribution in [1.82, 2.24) is 9.97 Å². The average molecular weight is 193 g/mol. The second-order valence-corrected chi connectivity index (χ2v) is 3.43. The Kier molecular flexibility index (Phi) is 1.78. The van der Waals surface area contributed by atoms with Gasteiger partial charge in [0, 0.05) is 23.3 Å². The van der Waals surface area contributed by atoms with Gasteiger partial charge in [0.25, 0.3) is 0 Å². The van der Waals surface area contributed by atoms with Crippen molar-refractivity contribution in [3.05, 3.63) is 54.9 Å². The number of H-pyrrole nitrogens is 1. The second kappa shape index (κ2) is 3.24. The quantitative estimate of drug-likeness (QED) is 0.632. The molecule has 0 aliphatic rings. The molecule has 0 aliphatic heterocycles. The minimum absolute atomic E-state index is 0.929. The van der Waals surface area contributed by atoms with Crippen molar-refractivity contribution in [2.75, 3.05) is 0 Å². The van der Waals surface area contributed by atoms with Crippen LogP contribution in [0.25, 0.3) is 22.2 Å². The molecule has 0 aliphatic carbocycles. The predicted octanol–water partition coefficient (Wildman–Crippen LogP) is 3.03. The lowest BCUT2D eigenvalue weighted by Crippen LogP contribution is -1.80. The van der Waals surface area contributed by atoms with E-state index in [2.05, 4.69) is 28.2 Å². The molecule has 0 atom stereocenters. The number of fused-ring (bicyclic) bond motifs is 1. The van der Waals surface area contributed by atoms with Crippen LogP contribution in [0.2, 0.25) is 0 Å². The first-order valence-electron chi connectivity index (χ1n) is 4.83. The van der Waals surface area contributed by atoms with E-state index >= 15 is 0 Å². The molecule has 0 spiro atoms. The molecule has 71 valence electrons. The van der Waals surface area contributed by atoms with Gasteiger partial charge in [0.2, 0.25) is 0 Å². The van der Waals surface area contributed by atoms with Gasteiger partial charge in [-0.15, -0.1) is 0 Å². The number of aromatic nitrogens is 2. The molecular formula is C13H9N2. The molecule has 0 unspecified atom stereocenters. The van der Waals surface area contributed by atoms with Crippen molar-refractivity contribution in [2.24, 2.45) is 0 Å². The maximum Gasteiger partial charge on any atom is 0.137 e. The highest BCUT2D eigenvalue weighted by Crippen LogP contribution is 2.21. The zero-order valence-electron chi connectivity index (χ0n) is 8.07. The molecule has 3 rings (SSSR count). The number of aromatic amines is 1. The first-order valence-corrected chi connectivity index (χ1v) is 4.83. The van der Waals surface area contributed by atoms with Gasteiger partial charge in [-0.05, 0) is 29.8 Å². The molecule has 2 heterocycles. The highest BCUT2D eigenvalue weighted by Gasteiger charge is 2.00. The Morgan fingerprint density at radius 2 is 2.20 bits per heavy atom. The molecule has 2 heteroatoms. The second-order valence-electron chi connectivity index (χ2n) is 3.43. The maximum atomic E-state index is 4.35. The summed E-state index contributed by atoms with van der Waals surface area (Å²) in [6.45, 7) is 0. The van der Waals surface area contributed by atoms with Crippen molar-refractivity contribution in [1.29, 1.82) is 0 Å². The van der Waals surface area contributed by atoms with E-state index in [9.17, 15) is 0 Å². The largest absolute Gasteiger partial charge is 0.346 e. The van der Waals surface area contributed by atoms with Gasteiger partial charge in [0.1, 0.15) is 5.65 Å². The third kappa shape index (κ3) is 1.40. The van der Waals surface area contributed by atoms with Gasteiger partial charge in [-0.1, -0.05) is 18.2 Å². The highest BCUT2D eigenvalue weighted by molar-refractivity contribution is 5.81. The van der Waals surface area contributed by atoms with Crippen LogP contribution in [-0.2, 0) is 0 Å². The minimum atomic E-state index is 0.929. The maximum absolute atomic E-state index is 4.35. The topological polar surface area (TPSA) is 28.7 Å². The zero-order valence-corrected chi connectivity index (χ0v) is 8.07. The molecule has 0 bridgehead atoms. The summed E-state index contributed by atoms with van der Waals surface area (Å²) >= 11 is 0. The highest BCUT2D eigenvalue weighted by atomic mass is 14.8. The summed E-state index contributed by atoms with van der Waals surface area (Å²) in [5, 5.41) is 1.14. The van der Waals surface area contributed by atoms with Gasteiger partial charge in [-0.25, -0.2) is 4.98 Å². The molecular weight excluding hydrogens is 184 g/mol. The van der Waals surface area contributed by atoms with Crippen molar-refractivity contribution in [2.45, 2.75) is 0 Å². The number of hydrogen-bond donors (Lipinski definition) is 1. The number of hydrogen-bond acceptors (Lipinski definition) is 1. The minimum Gasteiger partial charge on any atom is -0.346 e. The summed E-state index contributed by atoms with van der Waals surface area (Å²) in [6.07, 6.45) is 3.78. The third-order valence-corrected chi connectivity index (χ3v) is 2.44. The fourth-order valence-corrected chi connectivity index (χ4v) is 1.67. The summed E-state index contributed by atoms with van der Waals surface area (Å²) in [6, 6.07) is 15.1. The summed E-state index contributed by atoms with van der Waals surface area (Å²) in [5.74, 6) is 0. The first kappa shape index (κ1) is 8.24. The average Bonchev–Trinajstić information content (AvgIpc) is 2.77. The Labute approximate surface area is 87.6 Å². The van der Waals surface area contributed by atoms with Crippen LogP contribution in [0.15, 0.2) is 48.8 Å². The Hall–Kier alpha value is -2.09. The summed E-state index contributed by atoms with van der Waals surface area (Å²) < 4.78 is 0. The molecule has 15 heavy (non-hydrogen) atoms. The van der Waals surface area contributed by atoms with E-state index < -0.39 is 0 Å². The lowest BCUT2D eigenvalue weighted by Gasteiger charge is -1.99. The van der Waals surface area contributed by atoms with Gasteiger partial charge in [0.15, 0.2) is 0 Å². The lowest BCUT2D eigenvalue weighted by molar-refractivity contribution is 1.32. The predicted molar refractivity (Wildman–Crippen MR) is 60.4 cm³/mol. The van der Waals surface area contributed by atoms with Crippen LogP contribution in [0.5, 0.6) is 0 Å². The van der Waals surface area contributed by atoms with Gasteiger partial charge in [-0.3, -0.25) is 0 Å². The van der Waals surface area contributed by atoms with Gasteiger partial charge >= 0.3 is 0 Å². The van der Waals surface area contributed by atoms with E-state index in [-0.39, 0.29) is 0 Å². The standard InChI is InChI=1S/C13H9N2/c1-2-4-10(5-3-1)12-8-11-6-7-14-13(11)15-9-12/h1-2,4-9H,(H,14,15). The van der Waals surface area contributed by atoms with E-state index in [1.807, 2.05) is 36.7 Å². The van der Waals surface area contributed by atoms with Crippen LogP contribution in [0.4, 0.5) is 0 Å². The number of rotatable bonds is 1. The van der Waals surface area contributed by atoms with Crippen molar-refractivity contribution >= 4 is 11.0 Å². The van der Waals surface area contributed by atoms with E-state index in [1.54, 1.807) is 0 Å². The van der Waals surface area contributed by atoms with Crippen LogP contribution in [0.1, 0.15) is 0 Å². The van der Waals surface area contributed by atoms with Gasteiger partial charge in [-0.2, -0.15) is 0 Å². The smallest absolute Gasteiger partial charge is 0.137 e. The Balaban J connectivity index is 2.19. The molecule has 0 saturated heterocycles. The van der Waals surface area contributed by atoms with Crippen LogP contribution in [-0.4, -0.2) is 9.97 Å². The van der Waals surface area contributed by atoms with Crippen LogP contribution in [0.3, 0.4) is 0 Å². The third-order valence-electron chi connectivity index (χ3n) is 2.44. The monoisotopic (exact) mass is 193 g/mol. The Morgan fingerprint density at radius 3 is 3.07 bits per heavy atom. The fourth-order valence-electron chi connectivity index (χ4n) is 1.67. The fraction of sp³-hybridized carbons (Fsp3) is 0. The SMILES string of the molecule is [c]1cccc(-c2cnc3[nH]ccc3c2)c1. The summed E-state index contributed by atoms with van der Waals surface area (Å²) in [7, 11) is 0. The molecule has 1 radical (unpaired) electrons. The molecule has 0 fully saturated rings.